The van der Waals surface area contributed by atoms with E-state index in [1.165, 1.54) is 6.07 Å². The lowest BCUT2D eigenvalue weighted by molar-refractivity contribution is -0.135. The molecule has 1 atom stereocenters. The minimum atomic E-state index is -0.915. The number of amides is 2. The highest BCUT2D eigenvalue weighted by molar-refractivity contribution is 6.06. The number of carbonyl (C=O) groups is 2. The first kappa shape index (κ1) is 15.4. The van der Waals surface area contributed by atoms with Gasteiger partial charge in [0.2, 0.25) is 5.91 Å². The van der Waals surface area contributed by atoms with Crippen LogP contribution in [0.2, 0.25) is 0 Å². The molecule has 0 spiro atoms. The maximum Gasteiger partial charge on any atom is 0.251 e. The van der Waals surface area contributed by atoms with Crippen molar-refractivity contribution in [3.05, 3.63) is 29.1 Å². The fraction of sp³-hybridized carbons (Fsp3) is 0.467. The number of hydrogen-bond donors (Lipinski definition) is 2. The predicted octanol–water partition coefficient (Wildman–Crippen LogP) is 1.40. The summed E-state index contributed by atoms with van der Waals surface area (Å²) in [6, 6.07) is 2.61. The van der Waals surface area contributed by atoms with Crippen LogP contribution in [0.25, 0.3) is 0 Å². The second-order valence-corrected chi connectivity index (χ2v) is 5.97. The number of nitrogens with one attached hydrogen (secondary N) is 1. The van der Waals surface area contributed by atoms with E-state index in [9.17, 15) is 14.0 Å². The van der Waals surface area contributed by atoms with Crippen molar-refractivity contribution in [1.82, 2.24) is 5.32 Å². The second kappa shape index (κ2) is 5.11. The molecule has 3 N–H and O–H groups in total. The fourth-order valence-electron chi connectivity index (χ4n) is 2.45. The van der Waals surface area contributed by atoms with Crippen LogP contribution in [0.4, 0.5) is 10.1 Å². The molecule has 5 nitrogen and oxygen atoms in total. The van der Waals surface area contributed by atoms with Crippen LogP contribution in [-0.4, -0.2) is 23.9 Å². The Hall–Kier alpha value is -1.95. The maximum absolute atomic E-state index is 13.8. The van der Waals surface area contributed by atoms with Crippen molar-refractivity contribution in [3.8, 4) is 0 Å². The van der Waals surface area contributed by atoms with E-state index < -0.39 is 11.6 Å². The molecular formula is C15H20FN3O2. The monoisotopic (exact) mass is 293 g/mol. The predicted molar refractivity (Wildman–Crippen MR) is 78.3 cm³/mol. The zero-order valence-corrected chi connectivity index (χ0v) is 12.7. The highest BCUT2D eigenvalue weighted by Gasteiger charge is 2.42. The van der Waals surface area contributed by atoms with E-state index in [1.807, 2.05) is 0 Å². The van der Waals surface area contributed by atoms with Crippen LogP contribution in [-0.2, 0) is 9.59 Å². The second-order valence-electron chi connectivity index (χ2n) is 5.97. The van der Waals surface area contributed by atoms with Gasteiger partial charge in [-0.1, -0.05) is 0 Å². The number of imide groups is 1. The Bertz CT molecular complexity index is 611. The number of hydrogen-bond acceptors (Lipinski definition) is 4. The van der Waals surface area contributed by atoms with Gasteiger partial charge in [-0.3, -0.25) is 14.9 Å². The van der Waals surface area contributed by atoms with E-state index >= 15 is 0 Å². The molecule has 1 aromatic carbocycles. The summed E-state index contributed by atoms with van der Waals surface area (Å²) in [6.45, 7) is 6.86. The number of carbonyl (C=O) groups excluding carboxylic acids is 2. The van der Waals surface area contributed by atoms with Gasteiger partial charge < -0.3 is 10.6 Å². The van der Waals surface area contributed by atoms with Crippen molar-refractivity contribution in [2.24, 2.45) is 5.73 Å². The molecule has 0 bridgehead atoms. The maximum atomic E-state index is 13.8. The van der Waals surface area contributed by atoms with Crippen molar-refractivity contribution in [2.45, 2.75) is 39.3 Å². The Morgan fingerprint density at radius 3 is 2.57 bits per heavy atom. The first-order chi connectivity index (χ1) is 9.64. The van der Waals surface area contributed by atoms with E-state index in [2.05, 4.69) is 5.32 Å². The van der Waals surface area contributed by atoms with Crippen LogP contribution in [0, 0.1) is 12.7 Å². The fourth-order valence-corrected chi connectivity index (χ4v) is 2.45. The number of aryl methyl sites for hydroxylation is 1. The molecule has 2 rings (SSSR count). The van der Waals surface area contributed by atoms with Crippen molar-refractivity contribution in [2.75, 3.05) is 11.4 Å². The highest BCUT2D eigenvalue weighted by Crippen LogP contribution is 2.34. The van der Waals surface area contributed by atoms with Crippen LogP contribution in [0.5, 0.6) is 0 Å². The summed E-state index contributed by atoms with van der Waals surface area (Å²) < 4.78 is 13.8. The van der Waals surface area contributed by atoms with E-state index in [0.717, 1.165) is 0 Å². The summed E-state index contributed by atoms with van der Waals surface area (Å²) in [5, 5.41) is 2.32. The summed E-state index contributed by atoms with van der Waals surface area (Å²) in [5.74, 6) is -1.11. The third-order valence-corrected chi connectivity index (χ3v) is 3.87. The minimum absolute atomic E-state index is 0.0313. The highest BCUT2D eigenvalue weighted by atomic mass is 19.1. The molecule has 1 aliphatic rings. The zero-order valence-electron chi connectivity index (χ0n) is 12.7. The third kappa shape index (κ3) is 2.63. The van der Waals surface area contributed by atoms with Gasteiger partial charge in [-0.25, -0.2) is 4.39 Å². The van der Waals surface area contributed by atoms with E-state index in [1.54, 1.807) is 38.7 Å². The topological polar surface area (TPSA) is 75.4 Å². The molecule has 0 radical (unpaired) electrons. The van der Waals surface area contributed by atoms with Gasteiger partial charge in [-0.15, -0.1) is 0 Å². The average Bonchev–Trinajstić information content (AvgIpc) is 2.37. The largest absolute Gasteiger partial charge is 0.348 e. The van der Waals surface area contributed by atoms with Gasteiger partial charge >= 0.3 is 0 Å². The standard InChI is InChI=1S/C15H20FN3O2/c1-8-5-12(10(9(2)17)6-11(8)16)19-7-13(20)18-14(21)15(19,3)4/h5-6,9H,7,17H2,1-4H3,(H,18,20,21)/t9-/m1/s1. The van der Waals surface area contributed by atoms with E-state index in [0.29, 0.717) is 16.8 Å². The molecule has 1 aromatic rings. The van der Waals surface area contributed by atoms with Crippen LogP contribution >= 0.6 is 0 Å². The summed E-state index contributed by atoms with van der Waals surface area (Å²) in [5.41, 5.74) is 6.65. The third-order valence-electron chi connectivity index (χ3n) is 3.87. The number of nitrogens with zero attached hydrogens (tertiary/aromatic N) is 1. The van der Waals surface area contributed by atoms with E-state index in [4.69, 9.17) is 5.73 Å². The summed E-state index contributed by atoms with van der Waals surface area (Å²) in [4.78, 5) is 25.4. The molecule has 0 aromatic heterocycles. The van der Waals surface area contributed by atoms with Gasteiger partial charge in [-0.05, 0) is 51.0 Å². The van der Waals surface area contributed by atoms with Crippen molar-refractivity contribution >= 4 is 17.5 Å². The number of anilines is 1. The number of benzene rings is 1. The van der Waals surface area contributed by atoms with Crippen molar-refractivity contribution < 1.29 is 14.0 Å². The Balaban J connectivity index is 2.61. The summed E-state index contributed by atoms with van der Waals surface area (Å²) >= 11 is 0. The zero-order chi connectivity index (χ0) is 15.9. The molecule has 114 valence electrons. The molecule has 6 heteroatoms. The number of nitrogens with two attached hydrogens (primary N) is 1. The smallest absolute Gasteiger partial charge is 0.251 e. The van der Waals surface area contributed by atoms with Crippen molar-refractivity contribution in [3.63, 3.8) is 0 Å². The van der Waals surface area contributed by atoms with Gasteiger partial charge in [-0.2, -0.15) is 0 Å². The molecule has 1 aliphatic heterocycles. The van der Waals surface area contributed by atoms with E-state index in [-0.39, 0.29) is 24.2 Å². The summed E-state index contributed by atoms with van der Waals surface area (Å²) in [6.07, 6.45) is 0. The molecular weight excluding hydrogens is 273 g/mol. The Morgan fingerprint density at radius 1 is 1.38 bits per heavy atom. The molecule has 0 unspecified atom stereocenters. The van der Waals surface area contributed by atoms with Gasteiger partial charge in [0.25, 0.3) is 5.91 Å². The molecule has 0 aliphatic carbocycles. The lowest BCUT2D eigenvalue weighted by Gasteiger charge is -2.43. The van der Waals surface area contributed by atoms with Gasteiger partial charge in [0, 0.05) is 11.7 Å². The molecule has 0 saturated carbocycles. The van der Waals surface area contributed by atoms with Crippen LogP contribution in [0.15, 0.2) is 12.1 Å². The Morgan fingerprint density at radius 2 is 2.00 bits per heavy atom. The molecule has 21 heavy (non-hydrogen) atoms. The molecule has 1 fully saturated rings. The normalized spacial score (nSPS) is 19.4. The molecule has 1 heterocycles. The van der Waals surface area contributed by atoms with Gasteiger partial charge in [0.15, 0.2) is 0 Å². The van der Waals surface area contributed by atoms with Gasteiger partial charge in [0.05, 0.1) is 6.54 Å². The SMILES string of the molecule is Cc1cc(N2CC(=O)NC(=O)C2(C)C)c([C@@H](C)N)cc1F. The van der Waals surface area contributed by atoms with Gasteiger partial charge in [0.1, 0.15) is 11.4 Å². The lowest BCUT2D eigenvalue weighted by Crippen LogP contribution is -2.64. The first-order valence-corrected chi connectivity index (χ1v) is 6.82. The minimum Gasteiger partial charge on any atom is -0.348 e. The number of halogens is 1. The lowest BCUT2D eigenvalue weighted by atomic mass is 9.94. The number of rotatable bonds is 2. The van der Waals surface area contributed by atoms with Crippen molar-refractivity contribution in [1.29, 1.82) is 0 Å². The van der Waals surface area contributed by atoms with Crippen LogP contribution in [0.1, 0.15) is 37.9 Å². The average molecular weight is 293 g/mol. The molecule has 1 saturated heterocycles. The Labute approximate surface area is 123 Å². The first-order valence-electron chi connectivity index (χ1n) is 6.82. The Kier molecular flexibility index (Phi) is 3.76. The summed E-state index contributed by atoms with van der Waals surface area (Å²) in [7, 11) is 0. The van der Waals surface area contributed by atoms with Crippen LogP contribution < -0.4 is 16.0 Å². The quantitative estimate of drug-likeness (QED) is 0.808. The number of piperazine rings is 1. The molecule has 2 amide bonds. The van der Waals surface area contributed by atoms with Crippen LogP contribution in [0.3, 0.4) is 0 Å².